The molecule has 0 atom stereocenters. The van der Waals surface area contributed by atoms with Crippen molar-refractivity contribution in [2.45, 2.75) is 13.3 Å². The van der Waals surface area contributed by atoms with Crippen LogP contribution < -0.4 is 68.2 Å². The van der Waals surface area contributed by atoms with Gasteiger partial charge in [-0.25, -0.2) is 0 Å². The largest absolute Gasteiger partial charge is 1.00 e. The van der Waals surface area contributed by atoms with Gasteiger partial charge in [-0.3, -0.25) is 4.79 Å². The Labute approximate surface area is 161 Å². The number of carboxylic acid groups (broad SMARTS) is 1. The second-order valence-corrected chi connectivity index (χ2v) is 3.45. The third kappa shape index (κ3) is 6.12. The zero-order valence-electron chi connectivity index (χ0n) is 9.14. The fourth-order valence-electron chi connectivity index (χ4n) is 0.756. The van der Waals surface area contributed by atoms with E-state index in [9.17, 15) is 14.7 Å². The quantitative estimate of drug-likeness (QED) is 0.416. The maximum Gasteiger partial charge on any atom is 1.00 e. The molecule has 0 aromatic carbocycles. The molecule has 0 spiro atoms. The van der Waals surface area contributed by atoms with Gasteiger partial charge in [0.15, 0.2) is 0 Å². The second-order valence-electron chi connectivity index (χ2n) is 2.67. The number of aliphatic carboxylic acids is 1. The van der Waals surface area contributed by atoms with Crippen LogP contribution in [-0.4, -0.2) is 23.9 Å². The summed E-state index contributed by atoms with van der Waals surface area (Å²) in [6.07, 6.45) is -0.276. The molecule has 1 amide bonds. The van der Waals surface area contributed by atoms with Gasteiger partial charge >= 0.3 is 58.2 Å². The molecule has 1 heterocycles. The molecule has 0 N–H and O–H groups in total. The molecule has 1 aromatic heterocycles. The first-order chi connectivity index (χ1) is 6.50. The molecular formula is C8H8N2O3RbSW-. The summed E-state index contributed by atoms with van der Waals surface area (Å²) in [7, 11) is 1.57. The Balaban J connectivity index is 0. The van der Waals surface area contributed by atoms with Gasteiger partial charge in [0.2, 0.25) is 5.91 Å². The number of thiazole rings is 1. The Bertz CT molecular complexity index is 372. The Morgan fingerprint density at radius 3 is 2.56 bits per heavy atom. The zero-order valence-corrected chi connectivity index (χ0v) is 17.8. The SMILES string of the molecule is CC(=O)N(C)c1nc(CC(=O)[O-])[c-]s1.[Rb+].[W]. The van der Waals surface area contributed by atoms with Crippen LogP contribution in [0.25, 0.3) is 0 Å². The van der Waals surface area contributed by atoms with E-state index in [0.717, 1.165) is 11.3 Å². The number of anilines is 1. The molecule has 1 rings (SSSR count). The van der Waals surface area contributed by atoms with Crippen molar-refractivity contribution in [3.63, 3.8) is 0 Å². The number of carbonyl (C=O) groups excluding carboxylic acids is 2. The number of aromatic nitrogens is 1. The third-order valence-electron chi connectivity index (χ3n) is 1.56. The minimum atomic E-state index is -1.21. The van der Waals surface area contributed by atoms with Crippen molar-refractivity contribution in [3.8, 4) is 0 Å². The van der Waals surface area contributed by atoms with Gasteiger partial charge in [-0.05, 0) is 7.05 Å². The molecule has 0 saturated heterocycles. The number of nitrogens with zero attached hydrogens (tertiary/aromatic N) is 2. The van der Waals surface area contributed by atoms with E-state index in [1.165, 1.54) is 11.8 Å². The van der Waals surface area contributed by atoms with E-state index >= 15 is 0 Å². The number of rotatable bonds is 3. The van der Waals surface area contributed by atoms with E-state index in [1.807, 2.05) is 0 Å². The monoisotopic (exact) mass is 481 g/mol. The van der Waals surface area contributed by atoms with Crippen molar-refractivity contribution in [2.24, 2.45) is 0 Å². The van der Waals surface area contributed by atoms with E-state index in [4.69, 9.17) is 0 Å². The van der Waals surface area contributed by atoms with E-state index in [-0.39, 0.29) is 97.3 Å². The minimum Gasteiger partial charge on any atom is -0.550 e. The first-order valence-electron chi connectivity index (χ1n) is 3.82. The average molecular weight is 482 g/mol. The molecule has 0 bridgehead atoms. The molecule has 5 nitrogen and oxygen atoms in total. The normalized spacial score (nSPS) is 8.62. The van der Waals surface area contributed by atoms with E-state index in [0.29, 0.717) is 5.13 Å². The minimum absolute atomic E-state index is 0. The van der Waals surface area contributed by atoms with Gasteiger partial charge < -0.3 is 31.1 Å². The van der Waals surface area contributed by atoms with Crippen LogP contribution in [0.2, 0.25) is 0 Å². The molecule has 0 radical (unpaired) electrons. The van der Waals surface area contributed by atoms with E-state index in [1.54, 1.807) is 7.05 Å². The van der Waals surface area contributed by atoms with Crippen molar-refractivity contribution >= 4 is 28.3 Å². The summed E-state index contributed by atoms with van der Waals surface area (Å²) in [6, 6.07) is 0. The van der Waals surface area contributed by atoms with Crippen LogP contribution in [0.3, 0.4) is 0 Å². The Morgan fingerprint density at radius 2 is 2.12 bits per heavy atom. The predicted octanol–water partition coefficient (Wildman–Crippen LogP) is -3.78. The fraction of sp³-hybridized carbons (Fsp3) is 0.375. The molecule has 0 saturated carbocycles. The zero-order chi connectivity index (χ0) is 10.7. The van der Waals surface area contributed by atoms with Crippen LogP contribution in [0.15, 0.2) is 0 Å². The Kier molecular flexibility index (Phi) is 11.0. The number of carboxylic acids is 1. The molecular weight excluding hydrogens is 473 g/mol. The number of amides is 1. The van der Waals surface area contributed by atoms with E-state index < -0.39 is 5.97 Å². The molecule has 0 fully saturated rings. The van der Waals surface area contributed by atoms with Gasteiger partial charge in [-0.2, -0.15) is 5.38 Å². The summed E-state index contributed by atoms with van der Waals surface area (Å²) in [5.41, 5.74) is 0.290. The van der Waals surface area contributed by atoms with Gasteiger partial charge in [0.05, 0.1) is 0 Å². The predicted molar refractivity (Wildman–Crippen MR) is 48.7 cm³/mol. The molecule has 0 aliphatic rings. The van der Waals surface area contributed by atoms with Gasteiger partial charge in [0.1, 0.15) is 0 Å². The van der Waals surface area contributed by atoms with Gasteiger partial charge in [-0.15, -0.1) is 0 Å². The topological polar surface area (TPSA) is 73.3 Å². The van der Waals surface area contributed by atoms with Crippen molar-refractivity contribution in [1.29, 1.82) is 0 Å². The molecule has 1 aromatic rings. The summed E-state index contributed by atoms with van der Waals surface area (Å²) in [6.45, 7) is 1.40. The number of hydrogen-bond donors (Lipinski definition) is 0. The van der Waals surface area contributed by atoms with Crippen molar-refractivity contribution in [3.05, 3.63) is 11.1 Å². The van der Waals surface area contributed by atoms with Crippen molar-refractivity contribution < 1.29 is 93.9 Å². The summed E-state index contributed by atoms with van der Waals surface area (Å²) < 4.78 is 0. The smallest absolute Gasteiger partial charge is 0.550 e. The van der Waals surface area contributed by atoms with Crippen LogP contribution in [0.4, 0.5) is 5.13 Å². The maximum absolute atomic E-state index is 10.9. The summed E-state index contributed by atoms with van der Waals surface area (Å²) in [5.74, 6) is -1.36. The first-order valence-corrected chi connectivity index (χ1v) is 4.64. The van der Waals surface area contributed by atoms with Crippen molar-refractivity contribution in [2.75, 3.05) is 11.9 Å². The molecule has 0 aliphatic carbocycles. The van der Waals surface area contributed by atoms with Crippen molar-refractivity contribution in [1.82, 2.24) is 4.98 Å². The summed E-state index contributed by atoms with van der Waals surface area (Å²) in [5, 5.41) is 13.4. The molecule has 0 unspecified atom stereocenters. The van der Waals surface area contributed by atoms with Crippen LogP contribution in [-0.2, 0) is 37.1 Å². The number of hydrogen-bond acceptors (Lipinski definition) is 5. The molecule has 16 heavy (non-hydrogen) atoms. The fourth-order valence-corrected chi connectivity index (χ4v) is 1.50. The maximum atomic E-state index is 10.9. The average Bonchev–Trinajstić information content (AvgIpc) is 2.50. The van der Waals surface area contributed by atoms with E-state index in [2.05, 4.69) is 10.4 Å². The molecule has 0 aliphatic heterocycles. The standard InChI is InChI=1S/C8H9N2O3S.Rb.W/c1-5(11)10(2)8-9-6(4-14-8)3-7(12)13;;/h3H2,1-2H3,(H,12,13);;/q-1;+1;/p-1. The first kappa shape index (κ1) is 19.4. The second kappa shape index (κ2) is 9.05. The molecule has 8 heteroatoms. The Hall–Kier alpha value is 1.06. The van der Waals surface area contributed by atoms with Crippen LogP contribution in [0.1, 0.15) is 12.6 Å². The van der Waals surface area contributed by atoms with Gasteiger partial charge in [-0.1, -0.05) is 5.69 Å². The third-order valence-corrected chi connectivity index (χ3v) is 2.45. The molecule has 82 valence electrons. The Morgan fingerprint density at radius 1 is 1.56 bits per heavy atom. The summed E-state index contributed by atoms with van der Waals surface area (Å²) >= 11 is 1.11. The summed E-state index contributed by atoms with van der Waals surface area (Å²) in [4.78, 5) is 26.4. The van der Waals surface area contributed by atoms with Gasteiger partial charge in [0, 0.05) is 45.5 Å². The van der Waals surface area contributed by atoms with Gasteiger partial charge in [0.25, 0.3) is 0 Å². The van der Waals surface area contributed by atoms with Crippen LogP contribution >= 0.6 is 11.3 Å². The number of carbonyl (C=O) groups is 2. The van der Waals surface area contributed by atoms with Crippen LogP contribution in [0, 0.1) is 5.38 Å². The van der Waals surface area contributed by atoms with Crippen LogP contribution in [0.5, 0.6) is 0 Å².